The van der Waals surface area contributed by atoms with Crippen molar-refractivity contribution in [1.82, 2.24) is 5.01 Å². The Morgan fingerprint density at radius 3 is 2.52 bits per heavy atom. The van der Waals surface area contributed by atoms with E-state index < -0.39 is 23.7 Å². The zero-order valence-corrected chi connectivity index (χ0v) is 13.9. The molecule has 8 heteroatoms. The van der Waals surface area contributed by atoms with Crippen LogP contribution in [0.1, 0.15) is 36.5 Å². The third kappa shape index (κ3) is 2.68. The molecule has 1 amide bonds. The average molecular weight is 356 g/mol. The van der Waals surface area contributed by atoms with Gasteiger partial charge in [-0.2, -0.15) is 23.3 Å². The normalized spacial score (nSPS) is 29.2. The van der Waals surface area contributed by atoms with E-state index in [1.807, 2.05) is 0 Å². The Hall–Kier alpha value is -2.09. The highest BCUT2D eigenvalue weighted by molar-refractivity contribution is 6.00. The molecule has 0 aromatic heterocycles. The summed E-state index contributed by atoms with van der Waals surface area (Å²) in [6.45, 7) is 1.77. The fourth-order valence-corrected chi connectivity index (χ4v) is 3.56. The Bertz CT molecular complexity index is 702. The molecule has 1 N–H and O–H groups in total. The SMILES string of the molecule is COc1ccc(C(=O)N2N=C3[C@H](C)CCC[C@@H]3[C@]2(O)C(F)(F)F)cc1. The monoisotopic (exact) mass is 356 g/mol. The number of methoxy groups -OCH3 is 1. The van der Waals surface area contributed by atoms with Crippen LogP contribution in [0.15, 0.2) is 29.4 Å². The first kappa shape index (κ1) is 17.7. The maximum atomic E-state index is 13.8. The van der Waals surface area contributed by atoms with Crippen molar-refractivity contribution in [3.8, 4) is 5.75 Å². The van der Waals surface area contributed by atoms with E-state index in [4.69, 9.17) is 4.74 Å². The number of hydrogen-bond acceptors (Lipinski definition) is 4. The summed E-state index contributed by atoms with van der Waals surface area (Å²) in [5.41, 5.74) is -3.07. The average Bonchev–Trinajstić information content (AvgIpc) is 2.90. The number of fused-ring (bicyclic) bond motifs is 1. The van der Waals surface area contributed by atoms with E-state index in [-0.39, 0.29) is 28.6 Å². The summed E-state index contributed by atoms with van der Waals surface area (Å²) < 4.78 is 46.2. The lowest BCUT2D eigenvalue weighted by molar-refractivity contribution is -0.312. The number of rotatable bonds is 2. The van der Waals surface area contributed by atoms with E-state index in [1.165, 1.54) is 31.4 Å². The second-order valence-electron chi connectivity index (χ2n) is 6.48. The van der Waals surface area contributed by atoms with Gasteiger partial charge in [-0.25, -0.2) is 0 Å². The second kappa shape index (κ2) is 6.01. The predicted octanol–water partition coefficient (Wildman–Crippen LogP) is 3.19. The Kier molecular flexibility index (Phi) is 4.26. The zero-order chi connectivity index (χ0) is 18.4. The Morgan fingerprint density at radius 2 is 1.96 bits per heavy atom. The van der Waals surface area contributed by atoms with Gasteiger partial charge in [0, 0.05) is 11.3 Å². The maximum absolute atomic E-state index is 13.8. The molecule has 0 unspecified atom stereocenters. The van der Waals surface area contributed by atoms with Crippen LogP contribution in [-0.4, -0.2) is 40.7 Å². The fraction of sp³-hybridized carbons (Fsp3) is 0.529. The van der Waals surface area contributed by atoms with Gasteiger partial charge in [-0.05, 0) is 43.0 Å². The molecule has 136 valence electrons. The van der Waals surface area contributed by atoms with Gasteiger partial charge in [0.15, 0.2) is 0 Å². The van der Waals surface area contributed by atoms with Gasteiger partial charge in [0.1, 0.15) is 5.75 Å². The minimum atomic E-state index is -5.01. The Labute approximate surface area is 143 Å². The number of carbonyl (C=O) groups is 1. The predicted molar refractivity (Wildman–Crippen MR) is 84.1 cm³/mol. The van der Waals surface area contributed by atoms with Crippen LogP contribution in [0.2, 0.25) is 0 Å². The molecule has 1 aromatic carbocycles. The van der Waals surface area contributed by atoms with Gasteiger partial charge in [-0.15, -0.1) is 0 Å². The molecule has 1 aliphatic heterocycles. The number of carbonyl (C=O) groups excluding carboxylic acids is 1. The highest BCUT2D eigenvalue weighted by Gasteiger charge is 2.69. The molecule has 25 heavy (non-hydrogen) atoms. The number of halogens is 3. The lowest BCUT2D eigenvalue weighted by Gasteiger charge is -2.39. The summed E-state index contributed by atoms with van der Waals surface area (Å²) in [4.78, 5) is 12.7. The first-order valence-corrected chi connectivity index (χ1v) is 8.06. The van der Waals surface area contributed by atoms with E-state index >= 15 is 0 Å². The molecular weight excluding hydrogens is 337 g/mol. The third-order valence-corrected chi connectivity index (χ3v) is 4.96. The van der Waals surface area contributed by atoms with Crippen LogP contribution in [0.4, 0.5) is 13.2 Å². The fourth-order valence-electron chi connectivity index (χ4n) is 3.56. The molecule has 0 radical (unpaired) electrons. The Balaban J connectivity index is 2.03. The summed E-state index contributed by atoms with van der Waals surface area (Å²) in [6.07, 6.45) is -3.63. The molecule has 3 atom stereocenters. The molecule has 1 saturated carbocycles. The molecule has 0 saturated heterocycles. The topological polar surface area (TPSA) is 62.1 Å². The lowest BCUT2D eigenvalue weighted by Crippen LogP contribution is -2.61. The lowest BCUT2D eigenvalue weighted by atomic mass is 9.75. The summed E-state index contributed by atoms with van der Waals surface area (Å²) in [7, 11) is 1.44. The number of ether oxygens (including phenoxy) is 1. The van der Waals surface area contributed by atoms with E-state index in [0.29, 0.717) is 18.6 Å². The van der Waals surface area contributed by atoms with Crippen molar-refractivity contribution in [2.24, 2.45) is 16.9 Å². The summed E-state index contributed by atoms with van der Waals surface area (Å²) >= 11 is 0. The minimum Gasteiger partial charge on any atom is -0.497 e. The van der Waals surface area contributed by atoms with E-state index in [1.54, 1.807) is 6.92 Å². The van der Waals surface area contributed by atoms with Crippen molar-refractivity contribution < 1.29 is 27.8 Å². The highest BCUT2D eigenvalue weighted by atomic mass is 19.4. The maximum Gasteiger partial charge on any atom is 0.439 e. The molecular formula is C17H19F3N2O3. The number of alkyl halides is 3. The Morgan fingerprint density at radius 1 is 1.32 bits per heavy atom. The van der Waals surface area contributed by atoms with Crippen molar-refractivity contribution in [2.75, 3.05) is 7.11 Å². The largest absolute Gasteiger partial charge is 0.497 e. The molecule has 0 spiro atoms. The van der Waals surface area contributed by atoms with Crippen LogP contribution in [-0.2, 0) is 0 Å². The zero-order valence-electron chi connectivity index (χ0n) is 13.9. The number of hydrogen-bond donors (Lipinski definition) is 1. The molecule has 1 aliphatic carbocycles. The quantitative estimate of drug-likeness (QED) is 0.885. The van der Waals surface area contributed by atoms with Gasteiger partial charge in [0.25, 0.3) is 11.6 Å². The summed E-state index contributed by atoms with van der Waals surface area (Å²) in [5, 5.41) is 14.7. The van der Waals surface area contributed by atoms with Crippen LogP contribution in [0, 0.1) is 11.8 Å². The third-order valence-electron chi connectivity index (χ3n) is 4.96. The van der Waals surface area contributed by atoms with Crippen molar-refractivity contribution in [1.29, 1.82) is 0 Å². The van der Waals surface area contributed by atoms with Crippen LogP contribution < -0.4 is 4.74 Å². The molecule has 1 fully saturated rings. The minimum absolute atomic E-state index is 0.000810. The molecule has 2 aliphatic rings. The first-order valence-electron chi connectivity index (χ1n) is 8.06. The molecule has 3 rings (SSSR count). The summed E-state index contributed by atoms with van der Waals surface area (Å²) in [6, 6.07) is 5.64. The van der Waals surface area contributed by atoms with Crippen molar-refractivity contribution in [3.05, 3.63) is 29.8 Å². The number of hydrazone groups is 1. The standard InChI is InChI=1S/C17H19F3N2O3/c1-10-4-3-5-13-14(10)21-22(16(13,24)17(18,19)20)15(23)11-6-8-12(25-2)9-7-11/h6-10,13,24H,3-5H2,1-2H3/t10-,13+,16+/m1/s1. The van der Waals surface area contributed by atoms with Crippen LogP contribution in [0.5, 0.6) is 5.75 Å². The number of aliphatic hydroxyl groups is 1. The van der Waals surface area contributed by atoms with Gasteiger partial charge in [-0.3, -0.25) is 4.79 Å². The van der Waals surface area contributed by atoms with Gasteiger partial charge in [-0.1, -0.05) is 13.3 Å². The van der Waals surface area contributed by atoms with Crippen LogP contribution in [0.3, 0.4) is 0 Å². The van der Waals surface area contributed by atoms with Crippen LogP contribution >= 0.6 is 0 Å². The van der Waals surface area contributed by atoms with E-state index in [9.17, 15) is 23.1 Å². The highest BCUT2D eigenvalue weighted by Crippen LogP contribution is 2.49. The smallest absolute Gasteiger partial charge is 0.439 e. The molecule has 0 bridgehead atoms. The molecule has 1 aromatic rings. The van der Waals surface area contributed by atoms with Crippen molar-refractivity contribution >= 4 is 11.6 Å². The number of nitrogens with zero attached hydrogens (tertiary/aromatic N) is 2. The summed E-state index contributed by atoms with van der Waals surface area (Å²) in [5.74, 6) is -1.95. The molecule has 1 heterocycles. The first-order chi connectivity index (χ1) is 11.7. The van der Waals surface area contributed by atoms with Gasteiger partial charge >= 0.3 is 6.18 Å². The second-order valence-corrected chi connectivity index (χ2v) is 6.48. The van der Waals surface area contributed by atoms with Crippen molar-refractivity contribution in [3.63, 3.8) is 0 Å². The molecule has 5 nitrogen and oxygen atoms in total. The van der Waals surface area contributed by atoms with Crippen LogP contribution in [0.25, 0.3) is 0 Å². The van der Waals surface area contributed by atoms with Gasteiger partial charge < -0.3 is 9.84 Å². The van der Waals surface area contributed by atoms with Gasteiger partial charge in [0.05, 0.1) is 13.0 Å². The van der Waals surface area contributed by atoms with Gasteiger partial charge in [0.2, 0.25) is 0 Å². The number of amides is 1. The van der Waals surface area contributed by atoms with Crippen molar-refractivity contribution in [2.45, 2.75) is 38.1 Å². The van der Waals surface area contributed by atoms with E-state index in [0.717, 1.165) is 0 Å². The number of benzene rings is 1. The van der Waals surface area contributed by atoms with E-state index in [2.05, 4.69) is 5.10 Å².